The van der Waals surface area contributed by atoms with Crippen molar-refractivity contribution in [3.8, 4) is 0 Å². The molecule has 2 aliphatic heterocycles. The second-order valence-electron chi connectivity index (χ2n) is 9.29. The number of hydrogen-bond acceptors (Lipinski definition) is 7. The van der Waals surface area contributed by atoms with Gasteiger partial charge < -0.3 is 9.80 Å². The predicted molar refractivity (Wildman–Crippen MR) is 157 cm³/mol. The molecule has 39 heavy (non-hydrogen) atoms. The van der Waals surface area contributed by atoms with Gasteiger partial charge in [-0.05, 0) is 48.0 Å². The molecule has 0 saturated carbocycles. The summed E-state index contributed by atoms with van der Waals surface area (Å²) in [6.45, 7) is 2.96. The van der Waals surface area contributed by atoms with Gasteiger partial charge in [0.15, 0.2) is 0 Å². The number of thioether (sulfide) groups is 1. The van der Waals surface area contributed by atoms with Crippen LogP contribution in [0, 0.1) is 5.82 Å². The van der Waals surface area contributed by atoms with E-state index in [2.05, 4.69) is 9.80 Å². The van der Waals surface area contributed by atoms with E-state index in [1.807, 2.05) is 36.4 Å². The van der Waals surface area contributed by atoms with Crippen molar-refractivity contribution in [2.75, 3.05) is 36.0 Å². The fraction of sp³-hybridized carbons (Fsp3) is 0.172. The number of anilines is 2. The van der Waals surface area contributed by atoms with E-state index < -0.39 is 0 Å². The Balaban J connectivity index is 1.33. The minimum Gasteiger partial charge on any atom is -0.368 e. The Hall–Kier alpha value is -4.02. The second kappa shape index (κ2) is 10.6. The number of pyridine rings is 1. The molecule has 4 heterocycles. The van der Waals surface area contributed by atoms with Crippen molar-refractivity contribution < 1.29 is 9.18 Å². The molecule has 2 saturated heterocycles. The van der Waals surface area contributed by atoms with E-state index in [4.69, 9.17) is 17.2 Å². The predicted octanol–water partition coefficient (Wildman–Crippen LogP) is 4.56. The number of aromatic nitrogens is 2. The molecule has 10 heteroatoms. The van der Waals surface area contributed by atoms with E-state index in [0.717, 1.165) is 11.3 Å². The number of carbonyl (C=O) groups is 1. The molecule has 0 unspecified atom stereocenters. The van der Waals surface area contributed by atoms with Crippen LogP contribution < -0.4 is 15.4 Å². The van der Waals surface area contributed by atoms with Crippen LogP contribution in [0.3, 0.4) is 0 Å². The third-order valence-corrected chi connectivity index (χ3v) is 8.23. The smallest absolute Gasteiger partial charge is 0.267 e. The van der Waals surface area contributed by atoms with Crippen LogP contribution in [0.2, 0.25) is 0 Å². The zero-order valence-corrected chi connectivity index (χ0v) is 22.5. The second-order valence-corrected chi connectivity index (χ2v) is 11.0. The molecule has 0 bridgehead atoms. The van der Waals surface area contributed by atoms with Gasteiger partial charge in [-0.2, -0.15) is 0 Å². The summed E-state index contributed by atoms with van der Waals surface area (Å²) >= 11 is 6.73. The van der Waals surface area contributed by atoms with Gasteiger partial charge in [0.1, 0.15) is 21.6 Å². The molecule has 2 aliphatic rings. The van der Waals surface area contributed by atoms with Gasteiger partial charge in [-0.1, -0.05) is 60.4 Å². The number of fused-ring (bicyclic) bond motifs is 1. The Morgan fingerprint density at radius 1 is 0.897 bits per heavy atom. The SMILES string of the molecule is O=C1/C(=C/c2c(N3CCN(c4ccc(F)cc4)CC3)nc3ccccn3c2=O)SC(=S)N1Cc1ccccc1. The molecule has 6 rings (SSSR count). The van der Waals surface area contributed by atoms with Gasteiger partial charge in [0.05, 0.1) is 17.0 Å². The Bertz CT molecular complexity index is 1650. The monoisotopic (exact) mass is 557 g/mol. The highest BCUT2D eigenvalue weighted by molar-refractivity contribution is 8.26. The maximum atomic E-state index is 13.7. The molecular weight excluding hydrogens is 533 g/mol. The van der Waals surface area contributed by atoms with E-state index in [1.165, 1.54) is 28.3 Å². The minimum atomic E-state index is -0.267. The third-order valence-electron chi connectivity index (χ3n) is 6.85. The molecule has 0 N–H and O–H groups in total. The van der Waals surface area contributed by atoms with Crippen LogP contribution in [0.25, 0.3) is 11.7 Å². The van der Waals surface area contributed by atoms with E-state index in [0.29, 0.717) is 59.0 Å². The van der Waals surface area contributed by atoms with E-state index in [-0.39, 0.29) is 17.3 Å². The minimum absolute atomic E-state index is 0.224. The van der Waals surface area contributed by atoms with Gasteiger partial charge in [-0.25, -0.2) is 9.37 Å². The number of rotatable bonds is 5. The average Bonchev–Trinajstić information content (AvgIpc) is 3.23. The van der Waals surface area contributed by atoms with Crippen LogP contribution in [0.4, 0.5) is 15.9 Å². The van der Waals surface area contributed by atoms with Crippen molar-refractivity contribution in [2.45, 2.75) is 6.54 Å². The lowest BCUT2D eigenvalue weighted by Gasteiger charge is -2.37. The zero-order valence-electron chi connectivity index (χ0n) is 20.9. The summed E-state index contributed by atoms with van der Waals surface area (Å²) in [6.07, 6.45) is 3.32. The van der Waals surface area contributed by atoms with E-state index in [9.17, 15) is 14.0 Å². The molecule has 196 valence electrons. The molecule has 4 aromatic rings. The lowest BCUT2D eigenvalue weighted by atomic mass is 10.2. The van der Waals surface area contributed by atoms with Crippen LogP contribution in [0.5, 0.6) is 0 Å². The molecule has 0 radical (unpaired) electrons. The number of hydrogen-bond donors (Lipinski definition) is 0. The molecule has 2 aromatic heterocycles. The normalized spacial score (nSPS) is 17.1. The number of halogens is 1. The van der Waals surface area contributed by atoms with Crippen molar-refractivity contribution in [1.82, 2.24) is 14.3 Å². The summed E-state index contributed by atoms with van der Waals surface area (Å²) in [4.78, 5) is 38.1. The Kier molecular flexibility index (Phi) is 6.88. The molecule has 0 atom stereocenters. The van der Waals surface area contributed by atoms with E-state index >= 15 is 0 Å². The molecular formula is C29H24FN5O2S2. The lowest BCUT2D eigenvalue weighted by molar-refractivity contribution is -0.122. The number of thiocarbonyl (C=S) groups is 1. The molecule has 7 nitrogen and oxygen atoms in total. The quantitative estimate of drug-likeness (QED) is 0.263. The molecule has 0 spiro atoms. The van der Waals surface area contributed by atoms with Crippen molar-refractivity contribution >= 4 is 57.4 Å². The zero-order chi connectivity index (χ0) is 26.9. The van der Waals surface area contributed by atoms with E-state index in [1.54, 1.807) is 41.4 Å². The topological polar surface area (TPSA) is 61.2 Å². The summed E-state index contributed by atoms with van der Waals surface area (Å²) in [5, 5.41) is 0. The first kappa shape index (κ1) is 25.3. The standard InChI is InChI=1S/C29H24FN5O2S2/c30-21-9-11-22(12-10-21)32-14-16-33(17-15-32)26-23(27(36)34-13-5-4-8-25(34)31-26)18-24-28(37)35(29(38)39-24)19-20-6-2-1-3-7-20/h1-13,18H,14-17,19H2/b24-18-. The first-order valence-corrected chi connectivity index (χ1v) is 13.8. The van der Waals surface area contributed by atoms with Crippen LogP contribution in [0.1, 0.15) is 11.1 Å². The first-order chi connectivity index (χ1) is 19.0. The molecule has 1 amide bonds. The summed E-state index contributed by atoms with van der Waals surface area (Å²) in [7, 11) is 0. The number of carbonyl (C=O) groups excluding carboxylic acids is 1. The van der Waals surface area contributed by atoms with Crippen molar-refractivity contribution in [3.05, 3.63) is 111 Å². The molecule has 2 aromatic carbocycles. The van der Waals surface area contributed by atoms with Crippen LogP contribution in [-0.4, -0.2) is 50.7 Å². The molecule has 0 aliphatic carbocycles. The Morgan fingerprint density at radius 3 is 2.33 bits per heavy atom. The van der Waals surface area contributed by atoms with Gasteiger partial charge in [0, 0.05) is 38.1 Å². The summed E-state index contributed by atoms with van der Waals surface area (Å²) < 4.78 is 15.3. The summed E-state index contributed by atoms with van der Waals surface area (Å²) in [5.41, 5.74) is 2.57. The number of piperazine rings is 1. The number of benzene rings is 2. The highest BCUT2D eigenvalue weighted by atomic mass is 32.2. The van der Waals surface area contributed by atoms with Gasteiger partial charge >= 0.3 is 0 Å². The Labute approximate surface area is 234 Å². The third kappa shape index (κ3) is 5.05. The van der Waals surface area contributed by atoms with Crippen molar-refractivity contribution in [3.63, 3.8) is 0 Å². The van der Waals surface area contributed by atoms with Crippen LogP contribution >= 0.6 is 24.0 Å². The van der Waals surface area contributed by atoms with Gasteiger partial charge in [-0.15, -0.1) is 0 Å². The van der Waals surface area contributed by atoms with Gasteiger partial charge in [0.25, 0.3) is 11.5 Å². The maximum absolute atomic E-state index is 13.7. The first-order valence-electron chi connectivity index (χ1n) is 12.5. The fourth-order valence-corrected chi connectivity index (χ4v) is 6.06. The van der Waals surface area contributed by atoms with Gasteiger partial charge in [0.2, 0.25) is 0 Å². The highest BCUT2D eigenvalue weighted by Gasteiger charge is 2.33. The Morgan fingerprint density at radius 2 is 1.59 bits per heavy atom. The van der Waals surface area contributed by atoms with Crippen molar-refractivity contribution in [1.29, 1.82) is 0 Å². The average molecular weight is 558 g/mol. The van der Waals surface area contributed by atoms with Gasteiger partial charge in [-0.3, -0.25) is 18.9 Å². The van der Waals surface area contributed by atoms with Crippen LogP contribution in [0.15, 0.2) is 88.7 Å². The maximum Gasteiger partial charge on any atom is 0.267 e. The van der Waals surface area contributed by atoms with Crippen LogP contribution in [-0.2, 0) is 11.3 Å². The summed E-state index contributed by atoms with van der Waals surface area (Å²) in [6, 6.07) is 21.5. The highest BCUT2D eigenvalue weighted by Crippen LogP contribution is 2.34. The lowest BCUT2D eigenvalue weighted by Crippen LogP contribution is -2.47. The fourth-order valence-electron chi connectivity index (χ4n) is 4.82. The van der Waals surface area contributed by atoms with Crippen molar-refractivity contribution in [2.24, 2.45) is 0 Å². The summed E-state index contributed by atoms with van der Waals surface area (Å²) in [5.74, 6) is 0.0498. The number of nitrogens with zero attached hydrogens (tertiary/aromatic N) is 5. The molecule has 2 fully saturated rings. The largest absolute Gasteiger partial charge is 0.368 e. The number of amides is 1.